The van der Waals surface area contributed by atoms with Gasteiger partial charge in [0.15, 0.2) is 0 Å². The third kappa shape index (κ3) is 6.37. The van der Waals surface area contributed by atoms with Gasteiger partial charge in [0.1, 0.15) is 5.54 Å². The SMILES string of the molecule is CCCNC(C)(C#N)CC(C)N(CC)CC(C)C. The van der Waals surface area contributed by atoms with Gasteiger partial charge >= 0.3 is 0 Å². The Bertz CT molecular complexity index is 257. The second kappa shape index (κ2) is 8.50. The van der Waals surface area contributed by atoms with E-state index in [4.69, 9.17) is 0 Å². The van der Waals surface area contributed by atoms with Crippen LogP contribution in [0.3, 0.4) is 0 Å². The molecular weight excluding hydrogens is 222 g/mol. The Hall–Kier alpha value is -0.590. The first-order valence-electron chi connectivity index (χ1n) is 7.28. The number of hydrogen-bond acceptors (Lipinski definition) is 3. The first-order valence-corrected chi connectivity index (χ1v) is 7.28. The molecule has 0 saturated carbocycles. The summed E-state index contributed by atoms with van der Waals surface area (Å²) >= 11 is 0. The first kappa shape index (κ1) is 17.4. The minimum absolute atomic E-state index is 0.403. The van der Waals surface area contributed by atoms with Crippen molar-refractivity contribution < 1.29 is 0 Å². The van der Waals surface area contributed by atoms with Gasteiger partial charge in [0.25, 0.3) is 0 Å². The Morgan fingerprint density at radius 2 is 1.89 bits per heavy atom. The normalized spacial score (nSPS) is 16.6. The molecule has 0 aliphatic heterocycles. The van der Waals surface area contributed by atoms with Crippen molar-refractivity contribution in [2.75, 3.05) is 19.6 Å². The number of nitrogens with zero attached hydrogens (tertiary/aromatic N) is 2. The maximum Gasteiger partial charge on any atom is 0.105 e. The molecule has 0 aromatic carbocycles. The van der Waals surface area contributed by atoms with Crippen LogP contribution in [0.25, 0.3) is 0 Å². The Kier molecular flexibility index (Phi) is 8.22. The number of hydrogen-bond donors (Lipinski definition) is 1. The standard InChI is InChI=1S/C15H31N3/c1-7-9-17-15(6,12-16)10-14(5)18(8-2)11-13(3)4/h13-14,17H,7-11H2,1-6H3. The van der Waals surface area contributed by atoms with Crippen molar-refractivity contribution in [1.82, 2.24) is 10.2 Å². The second-order valence-electron chi connectivity index (χ2n) is 5.91. The molecule has 1 N–H and O–H groups in total. The van der Waals surface area contributed by atoms with Crippen LogP contribution in [0.5, 0.6) is 0 Å². The van der Waals surface area contributed by atoms with Gasteiger partial charge < -0.3 is 4.90 Å². The molecule has 0 aliphatic carbocycles. The van der Waals surface area contributed by atoms with E-state index in [1.54, 1.807) is 0 Å². The molecule has 0 aromatic rings. The fraction of sp³-hybridized carbons (Fsp3) is 0.933. The molecule has 0 aromatic heterocycles. The lowest BCUT2D eigenvalue weighted by atomic mass is 9.94. The van der Waals surface area contributed by atoms with Gasteiger partial charge in [-0.3, -0.25) is 5.32 Å². The van der Waals surface area contributed by atoms with E-state index >= 15 is 0 Å². The Labute approximate surface area is 114 Å². The number of nitriles is 1. The van der Waals surface area contributed by atoms with Crippen molar-refractivity contribution in [3.63, 3.8) is 0 Å². The molecule has 0 rings (SSSR count). The quantitative estimate of drug-likeness (QED) is 0.686. The Balaban J connectivity index is 4.48. The average Bonchev–Trinajstić information content (AvgIpc) is 2.33. The third-order valence-electron chi connectivity index (χ3n) is 3.34. The topological polar surface area (TPSA) is 39.1 Å². The fourth-order valence-electron chi connectivity index (χ4n) is 2.37. The number of rotatable bonds is 9. The molecule has 18 heavy (non-hydrogen) atoms. The molecule has 0 aliphatic rings. The maximum atomic E-state index is 9.37. The van der Waals surface area contributed by atoms with Crippen LogP contribution in [0.15, 0.2) is 0 Å². The third-order valence-corrected chi connectivity index (χ3v) is 3.34. The van der Waals surface area contributed by atoms with Gasteiger partial charge in [-0.1, -0.05) is 27.7 Å². The Morgan fingerprint density at radius 3 is 2.28 bits per heavy atom. The van der Waals surface area contributed by atoms with Gasteiger partial charge in [0.05, 0.1) is 6.07 Å². The van der Waals surface area contributed by atoms with Gasteiger partial charge in [-0.2, -0.15) is 5.26 Å². The summed E-state index contributed by atoms with van der Waals surface area (Å²) in [6.07, 6.45) is 1.94. The van der Waals surface area contributed by atoms with E-state index in [0.717, 1.165) is 32.5 Å². The molecule has 0 radical (unpaired) electrons. The van der Waals surface area contributed by atoms with Crippen LogP contribution in [-0.4, -0.2) is 36.1 Å². The van der Waals surface area contributed by atoms with Gasteiger partial charge in [-0.15, -0.1) is 0 Å². The number of nitrogens with one attached hydrogen (secondary N) is 1. The highest BCUT2D eigenvalue weighted by Crippen LogP contribution is 2.17. The predicted octanol–water partition coefficient (Wildman–Crippen LogP) is 3.02. The van der Waals surface area contributed by atoms with E-state index in [1.165, 1.54) is 0 Å². The van der Waals surface area contributed by atoms with Crippen LogP contribution in [-0.2, 0) is 0 Å². The van der Waals surface area contributed by atoms with Crippen molar-refractivity contribution in [3.8, 4) is 6.07 Å². The molecule has 0 heterocycles. The molecule has 3 nitrogen and oxygen atoms in total. The molecule has 106 valence electrons. The molecule has 0 fully saturated rings. The van der Waals surface area contributed by atoms with Crippen LogP contribution in [0.2, 0.25) is 0 Å². The van der Waals surface area contributed by atoms with E-state index in [0.29, 0.717) is 12.0 Å². The maximum absolute atomic E-state index is 9.37. The molecular formula is C15H31N3. The highest BCUT2D eigenvalue weighted by molar-refractivity contribution is 5.05. The summed E-state index contributed by atoms with van der Waals surface area (Å²) in [4.78, 5) is 2.47. The minimum atomic E-state index is -0.403. The summed E-state index contributed by atoms with van der Waals surface area (Å²) in [5.41, 5.74) is -0.403. The van der Waals surface area contributed by atoms with Gasteiger partial charge in [0, 0.05) is 12.6 Å². The summed E-state index contributed by atoms with van der Waals surface area (Å²) in [6, 6.07) is 2.88. The molecule has 2 atom stereocenters. The molecule has 2 unspecified atom stereocenters. The summed E-state index contributed by atoms with van der Waals surface area (Å²) < 4.78 is 0. The lowest BCUT2D eigenvalue weighted by molar-refractivity contribution is 0.166. The zero-order valence-electron chi connectivity index (χ0n) is 13.1. The van der Waals surface area contributed by atoms with Gasteiger partial charge in [0.2, 0.25) is 0 Å². The van der Waals surface area contributed by atoms with Crippen LogP contribution in [0.4, 0.5) is 0 Å². The van der Waals surface area contributed by atoms with E-state index in [9.17, 15) is 5.26 Å². The van der Waals surface area contributed by atoms with Crippen molar-refractivity contribution in [1.29, 1.82) is 5.26 Å². The van der Waals surface area contributed by atoms with Crippen molar-refractivity contribution >= 4 is 0 Å². The van der Waals surface area contributed by atoms with Crippen LogP contribution in [0.1, 0.15) is 54.4 Å². The van der Waals surface area contributed by atoms with Crippen LogP contribution < -0.4 is 5.32 Å². The minimum Gasteiger partial charge on any atom is -0.301 e. The van der Waals surface area contributed by atoms with E-state index in [2.05, 4.69) is 50.9 Å². The molecule has 0 saturated heterocycles. The highest BCUT2D eigenvalue weighted by Gasteiger charge is 2.27. The van der Waals surface area contributed by atoms with Crippen molar-refractivity contribution in [3.05, 3.63) is 0 Å². The van der Waals surface area contributed by atoms with Crippen molar-refractivity contribution in [2.24, 2.45) is 5.92 Å². The fourth-order valence-corrected chi connectivity index (χ4v) is 2.37. The second-order valence-corrected chi connectivity index (χ2v) is 5.91. The van der Waals surface area contributed by atoms with E-state index in [1.807, 2.05) is 6.92 Å². The smallest absolute Gasteiger partial charge is 0.105 e. The summed E-state index contributed by atoms with van der Waals surface area (Å²) in [5, 5.41) is 12.7. The highest BCUT2D eigenvalue weighted by atomic mass is 15.2. The summed E-state index contributed by atoms with van der Waals surface area (Å²) in [6.45, 7) is 16.1. The predicted molar refractivity (Wildman–Crippen MR) is 78.5 cm³/mol. The zero-order chi connectivity index (χ0) is 14.2. The van der Waals surface area contributed by atoms with Crippen LogP contribution >= 0.6 is 0 Å². The Morgan fingerprint density at radius 1 is 1.28 bits per heavy atom. The summed E-state index contributed by atoms with van der Waals surface area (Å²) in [7, 11) is 0. The molecule has 0 amide bonds. The van der Waals surface area contributed by atoms with Gasteiger partial charge in [-0.25, -0.2) is 0 Å². The average molecular weight is 253 g/mol. The zero-order valence-corrected chi connectivity index (χ0v) is 13.1. The van der Waals surface area contributed by atoms with E-state index < -0.39 is 5.54 Å². The van der Waals surface area contributed by atoms with Gasteiger partial charge in [-0.05, 0) is 45.7 Å². The molecule has 3 heteroatoms. The van der Waals surface area contributed by atoms with E-state index in [-0.39, 0.29) is 0 Å². The lowest BCUT2D eigenvalue weighted by Gasteiger charge is -2.34. The molecule has 0 spiro atoms. The van der Waals surface area contributed by atoms with Crippen molar-refractivity contribution in [2.45, 2.75) is 66.0 Å². The lowest BCUT2D eigenvalue weighted by Crippen LogP contribution is -2.48. The monoisotopic (exact) mass is 253 g/mol. The van der Waals surface area contributed by atoms with Crippen LogP contribution in [0, 0.1) is 17.2 Å². The molecule has 0 bridgehead atoms. The summed E-state index contributed by atoms with van der Waals surface area (Å²) in [5.74, 6) is 0.671. The largest absolute Gasteiger partial charge is 0.301 e. The first-order chi connectivity index (χ1) is 8.38.